The Morgan fingerprint density at radius 2 is 1.06 bits per heavy atom. The van der Waals surface area contributed by atoms with Crippen LogP contribution in [0.2, 0.25) is 10.0 Å². The Bertz CT molecular complexity index is 1610. The van der Waals surface area contributed by atoms with Crippen LogP contribution in [0.5, 0.6) is 11.5 Å². The number of hydrogen-bond acceptors (Lipinski definition) is 3. The van der Waals surface area contributed by atoms with E-state index in [1.54, 1.807) is 12.4 Å². The highest BCUT2D eigenvalue weighted by Gasteiger charge is 2.12. The molecule has 0 aliphatic rings. The number of benzene rings is 2. The molecule has 2 aromatic carbocycles. The average molecular weight is 499 g/mol. The van der Waals surface area contributed by atoms with Crippen LogP contribution in [0.25, 0.3) is 44.3 Å². The Hall–Kier alpha value is -3.80. The molecule has 0 N–H and O–H groups in total. The summed E-state index contributed by atoms with van der Waals surface area (Å²) in [5.41, 5.74) is 6.08. The van der Waals surface area contributed by atoms with Gasteiger partial charge in [-0.2, -0.15) is 0 Å². The minimum Gasteiger partial charge on any atom is -0.454 e. The summed E-state index contributed by atoms with van der Waals surface area (Å²) in [6.07, 6.45) is 7.07. The van der Waals surface area contributed by atoms with Gasteiger partial charge in [-0.15, -0.1) is 0 Å². The van der Waals surface area contributed by atoms with E-state index in [1.165, 1.54) is 0 Å². The monoisotopic (exact) mass is 498 g/mol. The van der Waals surface area contributed by atoms with Gasteiger partial charge in [0, 0.05) is 69.5 Å². The molecule has 0 bridgehead atoms. The van der Waals surface area contributed by atoms with Crippen molar-refractivity contribution in [1.82, 2.24) is 19.1 Å². The van der Waals surface area contributed by atoms with E-state index in [0.717, 1.165) is 44.3 Å². The maximum atomic E-state index is 6.20. The molecule has 4 heterocycles. The van der Waals surface area contributed by atoms with E-state index in [4.69, 9.17) is 27.9 Å². The van der Waals surface area contributed by atoms with E-state index in [2.05, 4.69) is 31.2 Å². The molecule has 0 aliphatic heterocycles. The zero-order valence-electron chi connectivity index (χ0n) is 19.0. The van der Waals surface area contributed by atoms with Crippen molar-refractivity contribution in [1.29, 1.82) is 0 Å². The number of ether oxygens (including phenoxy) is 1. The van der Waals surface area contributed by atoms with Crippen LogP contribution in [0, 0.1) is 0 Å². The largest absolute Gasteiger partial charge is 0.454 e. The lowest BCUT2D eigenvalue weighted by molar-refractivity contribution is 0.478. The fraction of sp³-hybridized carbons (Fsp3) is 0.0714. The molecule has 6 aromatic rings. The van der Waals surface area contributed by atoms with Crippen molar-refractivity contribution in [3.63, 3.8) is 0 Å². The quantitative estimate of drug-likeness (QED) is 0.248. The van der Waals surface area contributed by atoms with E-state index < -0.39 is 0 Å². The topological polar surface area (TPSA) is 44.9 Å². The van der Waals surface area contributed by atoms with Gasteiger partial charge in [0.25, 0.3) is 0 Å². The summed E-state index contributed by atoms with van der Waals surface area (Å²) >= 11 is 12.4. The van der Waals surface area contributed by atoms with Crippen LogP contribution in [0.15, 0.2) is 85.5 Å². The molecule has 0 radical (unpaired) electrons. The minimum atomic E-state index is 0.633. The van der Waals surface area contributed by atoms with Crippen LogP contribution < -0.4 is 4.74 Å². The molecular weight excluding hydrogens is 479 g/mol. The van der Waals surface area contributed by atoms with Gasteiger partial charge in [-0.1, -0.05) is 35.3 Å². The Morgan fingerprint density at radius 1 is 0.600 bits per heavy atom. The van der Waals surface area contributed by atoms with Gasteiger partial charge < -0.3 is 13.9 Å². The zero-order chi connectivity index (χ0) is 24.1. The predicted molar refractivity (Wildman–Crippen MR) is 142 cm³/mol. The number of fused-ring (bicyclic) bond motifs is 2. The lowest BCUT2D eigenvalue weighted by Crippen LogP contribution is -1.94. The Labute approximate surface area is 212 Å². The number of aryl methyl sites for hydroxylation is 2. The van der Waals surface area contributed by atoms with Gasteiger partial charge in [0.2, 0.25) is 0 Å². The van der Waals surface area contributed by atoms with Crippen LogP contribution >= 0.6 is 23.2 Å². The highest BCUT2D eigenvalue weighted by atomic mass is 35.5. The molecule has 0 fully saturated rings. The highest BCUT2D eigenvalue weighted by Crippen LogP contribution is 2.33. The van der Waals surface area contributed by atoms with Crippen LogP contribution in [0.3, 0.4) is 0 Å². The summed E-state index contributed by atoms with van der Waals surface area (Å²) in [5, 5.41) is 3.65. The molecule has 0 aliphatic carbocycles. The lowest BCUT2D eigenvalue weighted by atomic mass is 10.2. The van der Waals surface area contributed by atoms with Crippen molar-refractivity contribution >= 4 is 45.0 Å². The van der Waals surface area contributed by atoms with Gasteiger partial charge in [0.1, 0.15) is 11.5 Å². The summed E-state index contributed by atoms with van der Waals surface area (Å²) in [7, 11) is 4.04. The number of aromatic nitrogens is 4. The van der Waals surface area contributed by atoms with Crippen molar-refractivity contribution in [2.24, 2.45) is 14.1 Å². The number of halogens is 2. The minimum absolute atomic E-state index is 0.633. The predicted octanol–water partition coefficient (Wildman–Crippen LogP) is 7.89. The van der Waals surface area contributed by atoms with Crippen LogP contribution in [0.4, 0.5) is 0 Å². The average Bonchev–Trinajstić information content (AvgIpc) is 3.36. The molecule has 7 heteroatoms. The third-order valence-corrected chi connectivity index (χ3v) is 6.74. The molecule has 0 atom stereocenters. The van der Waals surface area contributed by atoms with Crippen LogP contribution in [-0.4, -0.2) is 19.1 Å². The Balaban J connectivity index is 1.33. The van der Waals surface area contributed by atoms with E-state index in [-0.39, 0.29) is 0 Å². The molecular formula is C28H20Cl2N4O. The number of hydrogen-bond donors (Lipinski definition) is 0. The van der Waals surface area contributed by atoms with Gasteiger partial charge in [-0.3, -0.25) is 9.97 Å². The Morgan fingerprint density at radius 3 is 1.51 bits per heavy atom. The van der Waals surface area contributed by atoms with E-state index in [0.29, 0.717) is 21.5 Å². The summed E-state index contributed by atoms with van der Waals surface area (Å²) < 4.78 is 10.4. The van der Waals surface area contributed by atoms with Crippen molar-refractivity contribution in [2.75, 3.05) is 0 Å². The molecule has 0 spiro atoms. The molecule has 4 aromatic heterocycles. The third-order valence-electron chi connectivity index (χ3n) is 6.27. The van der Waals surface area contributed by atoms with Crippen molar-refractivity contribution in [3.8, 4) is 34.0 Å². The Kier molecular flexibility index (Phi) is 5.24. The maximum Gasteiger partial charge on any atom is 0.146 e. The van der Waals surface area contributed by atoms with Gasteiger partial charge in [0.05, 0.1) is 23.8 Å². The van der Waals surface area contributed by atoms with E-state index in [1.807, 2.05) is 75.0 Å². The normalized spacial score (nSPS) is 11.4. The molecule has 0 amide bonds. The first kappa shape index (κ1) is 21.7. The lowest BCUT2D eigenvalue weighted by Gasteiger charge is -2.10. The maximum absolute atomic E-state index is 6.20. The number of nitrogens with zero attached hydrogens (tertiary/aromatic N) is 4. The summed E-state index contributed by atoms with van der Waals surface area (Å²) in [6.45, 7) is 0. The van der Waals surface area contributed by atoms with Gasteiger partial charge in [-0.25, -0.2) is 0 Å². The molecule has 0 saturated heterocycles. The van der Waals surface area contributed by atoms with Crippen LogP contribution in [-0.2, 0) is 14.1 Å². The molecule has 0 saturated carbocycles. The van der Waals surface area contributed by atoms with Crippen molar-refractivity contribution in [3.05, 3.63) is 95.5 Å². The SMILES string of the molecule is Cn1c(-c2cncc(Oc3cncc(-c4cc5ccc(Cl)cc5n4C)c3)c2)cc2ccc(Cl)cc21. The first-order valence-electron chi connectivity index (χ1n) is 11.0. The van der Waals surface area contributed by atoms with E-state index >= 15 is 0 Å². The first-order chi connectivity index (χ1) is 17.0. The van der Waals surface area contributed by atoms with Gasteiger partial charge >= 0.3 is 0 Å². The smallest absolute Gasteiger partial charge is 0.146 e. The second kappa shape index (κ2) is 8.45. The highest BCUT2D eigenvalue weighted by molar-refractivity contribution is 6.31. The molecule has 6 rings (SSSR count). The number of pyridine rings is 2. The number of rotatable bonds is 4. The second-order valence-corrected chi connectivity index (χ2v) is 9.38. The first-order valence-corrected chi connectivity index (χ1v) is 11.8. The molecule has 0 unspecified atom stereocenters. The van der Waals surface area contributed by atoms with Crippen LogP contribution in [0.1, 0.15) is 0 Å². The summed E-state index contributed by atoms with van der Waals surface area (Å²) in [5.74, 6) is 1.27. The molecule has 172 valence electrons. The van der Waals surface area contributed by atoms with Gasteiger partial charge in [-0.05, 0) is 48.5 Å². The molecule has 35 heavy (non-hydrogen) atoms. The zero-order valence-corrected chi connectivity index (χ0v) is 20.5. The summed E-state index contributed by atoms with van der Waals surface area (Å²) in [4.78, 5) is 8.83. The fourth-order valence-electron chi connectivity index (χ4n) is 4.53. The van der Waals surface area contributed by atoms with E-state index in [9.17, 15) is 0 Å². The van der Waals surface area contributed by atoms with Gasteiger partial charge in [0.15, 0.2) is 0 Å². The molecule has 5 nitrogen and oxygen atoms in total. The van der Waals surface area contributed by atoms with Crippen molar-refractivity contribution in [2.45, 2.75) is 0 Å². The standard InChI is InChI=1S/C28H20Cl2N4O/c1-33-25(9-17-3-5-21(29)11-27(17)33)19-7-23(15-31-13-19)35-24-8-20(14-32-16-24)26-10-18-4-6-22(30)12-28(18)34(26)2/h3-16H,1-2H3. The van der Waals surface area contributed by atoms with Crippen molar-refractivity contribution < 1.29 is 4.74 Å². The summed E-state index contributed by atoms with van der Waals surface area (Å²) in [6, 6.07) is 20.0. The second-order valence-electron chi connectivity index (χ2n) is 8.50. The fourth-order valence-corrected chi connectivity index (χ4v) is 4.86. The third kappa shape index (κ3) is 3.93.